The largest absolute Gasteiger partial charge is 0.504 e. The van der Waals surface area contributed by atoms with E-state index < -0.39 is 0 Å². The first-order chi connectivity index (χ1) is 9.10. The fraction of sp³-hybridized carbons (Fsp3) is 0.250. The minimum atomic E-state index is -0.136. The number of nitrogens with zero attached hydrogens (tertiary/aromatic N) is 2. The predicted octanol–water partition coefficient (Wildman–Crippen LogP) is 1.34. The van der Waals surface area contributed by atoms with Crippen molar-refractivity contribution in [2.75, 3.05) is 7.11 Å². The summed E-state index contributed by atoms with van der Waals surface area (Å²) in [6.07, 6.45) is 1.52. The second kappa shape index (κ2) is 5.75. The van der Waals surface area contributed by atoms with Gasteiger partial charge < -0.3 is 15.2 Å². The summed E-state index contributed by atoms with van der Waals surface area (Å²) >= 11 is 1.33. The molecule has 0 unspecified atom stereocenters. The molecule has 7 heteroatoms. The lowest BCUT2D eigenvalue weighted by Crippen LogP contribution is -2.23. The van der Waals surface area contributed by atoms with Gasteiger partial charge in [0.15, 0.2) is 16.7 Å². The van der Waals surface area contributed by atoms with Crippen molar-refractivity contribution in [3.8, 4) is 11.5 Å². The lowest BCUT2D eigenvalue weighted by atomic mass is 10.2. The molecule has 0 bridgehead atoms. The molecule has 100 valence electrons. The maximum Gasteiger partial charge on any atom is 0.239 e. The number of amidine groups is 1. The first-order valence-electron chi connectivity index (χ1n) is 5.55. The summed E-state index contributed by atoms with van der Waals surface area (Å²) in [4.78, 5) is 11.2. The van der Waals surface area contributed by atoms with Gasteiger partial charge in [-0.15, -0.1) is 5.10 Å². The summed E-state index contributed by atoms with van der Waals surface area (Å²) < 4.78 is 4.98. The summed E-state index contributed by atoms with van der Waals surface area (Å²) in [6.45, 7) is 1.80. The van der Waals surface area contributed by atoms with Gasteiger partial charge in [-0.3, -0.25) is 4.79 Å². The maximum atomic E-state index is 11.2. The number of rotatable bonds is 3. The van der Waals surface area contributed by atoms with Crippen LogP contribution in [0.15, 0.2) is 28.4 Å². The molecule has 1 fully saturated rings. The van der Waals surface area contributed by atoms with Crippen LogP contribution in [0.3, 0.4) is 0 Å². The molecule has 1 heterocycles. The van der Waals surface area contributed by atoms with Crippen LogP contribution in [0, 0.1) is 0 Å². The Hall–Kier alpha value is -2.02. The zero-order chi connectivity index (χ0) is 13.8. The van der Waals surface area contributed by atoms with Crippen LogP contribution in [-0.4, -0.2) is 34.8 Å². The van der Waals surface area contributed by atoms with Crippen molar-refractivity contribution < 1.29 is 14.6 Å². The Kier molecular flexibility index (Phi) is 4.06. The van der Waals surface area contributed by atoms with E-state index in [1.54, 1.807) is 19.1 Å². The molecule has 2 N–H and O–H groups in total. The van der Waals surface area contributed by atoms with Crippen molar-refractivity contribution in [2.45, 2.75) is 12.2 Å². The van der Waals surface area contributed by atoms with E-state index in [4.69, 9.17) is 4.74 Å². The van der Waals surface area contributed by atoms with Crippen molar-refractivity contribution >= 4 is 29.1 Å². The average molecular weight is 279 g/mol. The molecule has 0 radical (unpaired) electrons. The fourth-order valence-electron chi connectivity index (χ4n) is 1.43. The Morgan fingerprint density at radius 2 is 2.32 bits per heavy atom. The van der Waals surface area contributed by atoms with Crippen LogP contribution in [-0.2, 0) is 4.79 Å². The third kappa shape index (κ3) is 3.25. The highest BCUT2D eigenvalue weighted by molar-refractivity contribution is 8.15. The molecule has 2 rings (SSSR count). The van der Waals surface area contributed by atoms with Crippen LogP contribution < -0.4 is 10.1 Å². The zero-order valence-electron chi connectivity index (χ0n) is 10.5. The van der Waals surface area contributed by atoms with Gasteiger partial charge in [0, 0.05) is 0 Å². The van der Waals surface area contributed by atoms with Gasteiger partial charge in [0.25, 0.3) is 0 Å². The predicted molar refractivity (Wildman–Crippen MR) is 74.9 cm³/mol. The maximum absolute atomic E-state index is 11.2. The molecule has 1 amide bonds. The lowest BCUT2D eigenvalue weighted by molar-refractivity contribution is -0.118. The molecule has 1 aliphatic rings. The summed E-state index contributed by atoms with van der Waals surface area (Å²) in [7, 11) is 1.47. The van der Waals surface area contributed by atoms with E-state index in [0.29, 0.717) is 10.9 Å². The van der Waals surface area contributed by atoms with Gasteiger partial charge in [-0.05, 0) is 30.7 Å². The van der Waals surface area contributed by atoms with Gasteiger partial charge in [0.2, 0.25) is 5.91 Å². The highest BCUT2D eigenvalue weighted by Gasteiger charge is 2.25. The van der Waals surface area contributed by atoms with Crippen LogP contribution in [0.25, 0.3) is 0 Å². The van der Waals surface area contributed by atoms with Crippen molar-refractivity contribution in [2.24, 2.45) is 10.2 Å². The summed E-state index contributed by atoms with van der Waals surface area (Å²) in [5.41, 5.74) is 0.737. The van der Waals surface area contributed by atoms with Crippen molar-refractivity contribution in [3.05, 3.63) is 23.8 Å². The standard InChI is InChI=1S/C12H13N3O3S/c1-7-11(17)14-12(19-7)15-13-6-8-3-4-9(16)10(5-8)18-2/h3-7,16H,1-2H3,(H,14,15,17)/b13-6+/t7-/m1/s1. The number of phenolic OH excluding ortho intramolecular Hbond substituents is 1. The molecule has 1 atom stereocenters. The van der Waals surface area contributed by atoms with E-state index in [9.17, 15) is 9.90 Å². The zero-order valence-corrected chi connectivity index (χ0v) is 11.3. The molecule has 1 saturated heterocycles. The molecule has 1 aromatic rings. The second-order valence-corrected chi connectivity index (χ2v) is 5.16. The number of hydrogen-bond acceptors (Lipinski definition) is 6. The molecule has 0 saturated carbocycles. The molecule has 19 heavy (non-hydrogen) atoms. The van der Waals surface area contributed by atoms with E-state index in [2.05, 4.69) is 15.5 Å². The monoisotopic (exact) mass is 279 g/mol. The fourth-order valence-corrected chi connectivity index (χ4v) is 2.18. The normalized spacial score (nSPS) is 21.1. The van der Waals surface area contributed by atoms with Gasteiger partial charge >= 0.3 is 0 Å². The molecule has 6 nitrogen and oxygen atoms in total. The molecular weight excluding hydrogens is 266 g/mol. The number of nitrogens with one attached hydrogen (secondary N) is 1. The lowest BCUT2D eigenvalue weighted by Gasteiger charge is -2.02. The number of amides is 1. The Balaban J connectivity index is 2.07. The number of hydrogen-bond donors (Lipinski definition) is 2. The Bertz CT molecular complexity index is 557. The number of carbonyl (C=O) groups excluding carboxylic acids is 1. The third-order valence-corrected chi connectivity index (χ3v) is 3.42. The third-order valence-electron chi connectivity index (χ3n) is 2.45. The number of aromatic hydroxyl groups is 1. The van der Waals surface area contributed by atoms with Gasteiger partial charge in [-0.25, -0.2) is 0 Å². The molecule has 1 aromatic carbocycles. The highest BCUT2D eigenvalue weighted by atomic mass is 32.2. The van der Waals surface area contributed by atoms with E-state index in [0.717, 1.165) is 5.56 Å². The van der Waals surface area contributed by atoms with Gasteiger partial charge in [0.1, 0.15) is 0 Å². The Morgan fingerprint density at radius 1 is 1.53 bits per heavy atom. The average Bonchev–Trinajstić information content (AvgIpc) is 2.71. The quantitative estimate of drug-likeness (QED) is 0.646. The van der Waals surface area contributed by atoms with Crippen molar-refractivity contribution in [1.29, 1.82) is 0 Å². The van der Waals surface area contributed by atoms with Crippen molar-refractivity contribution in [1.82, 2.24) is 5.32 Å². The van der Waals surface area contributed by atoms with Crippen LogP contribution in [0.2, 0.25) is 0 Å². The van der Waals surface area contributed by atoms with Crippen molar-refractivity contribution in [3.63, 3.8) is 0 Å². The number of methoxy groups -OCH3 is 1. The number of thioether (sulfide) groups is 1. The molecule has 0 spiro atoms. The summed E-state index contributed by atoms with van der Waals surface area (Å²) in [5.74, 6) is 0.373. The summed E-state index contributed by atoms with van der Waals surface area (Å²) in [6, 6.07) is 4.84. The van der Waals surface area contributed by atoms with E-state index in [1.165, 1.54) is 31.2 Å². The van der Waals surface area contributed by atoms with Crippen LogP contribution >= 0.6 is 11.8 Å². The minimum Gasteiger partial charge on any atom is -0.504 e. The molecule has 0 aliphatic carbocycles. The number of phenols is 1. The first kappa shape index (κ1) is 13.4. The number of benzene rings is 1. The second-order valence-electron chi connectivity index (χ2n) is 3.83. The van der Waals surface area contributed by atoms with Gasteiger partial charge in [0.05, 0.1) is 18.6 Å². The smallest absolute Gasteiger partial charge is 0.239 e. The first-order valence-corrected chi connectivity index (χ1v) is 6.43. The van der Waals surface area contributed by atoms with E-state index >= 15 is 0 Å². The highest BCUT2D eigenvalue weighted by Crippen LogP contribution is 2.25. The number of ether oxygens (including phenoxy) is 1. The Labute approximate surface area is 114 Å². The Morgan fingerprint density at radius 3 is 2.95 bits per heavy atom. The van der Waals surface area contributed by atoms with Crippen LogP contribution in [0.4, 0.5) is 0 Å². The number of carbonyl (C=O) groups is 1. The minimum absolute atomic E-state index is 0.0646. The SMILES string of the molecule is COc1cc(/C=N/N=C2/NC(=O)[C@@H](C)S2)ccc1O. The van der Waals surface area contributed by atoms with Crippen LogP contribution in [0.1, 0.15) is 12.5 Å². The molecule has 1 aliphatic heterocycles. The molecule has 0 aromatic heterocycles. The van der Waals surface area contributed by atoms with E-state index in [1.807, 2.05) is 0 Å². The van der Waals surface area contributed by atoms with E-state index in [-0.39, 0.29) is 16.9 Å². The topological polar surface area (TPSA) is 83.3 Å². The van der Waals surface area contributed by atoms with Gasteiger partial charge in [-0.1, -0.05) is 11.8 Å². The van der Waals surface area contributed by atoms with Gasteiger partial charge in [-0.2, -0.15) is 5.10 Å². The summed E-state index contributed by atoms with van der Waals surface area (Å²) in [5, 5.41) is 20.2. The molecular formula is C12H13N3O3S. The van der Waals surface area contributed by atoms with Crippen LogP contribution in [0.5, 0.6) is 11.5 Å².